The molecule has 1 rings (SSSR count). The molecule has 5 heteroatoms. The summed E-state index contributed by atoms with van der Waals surface area (Å²) in [5.41, 5.74) is 0.324. The van der Waals surface area contributed by atoms with E-state index in [9.17, 15) is 9.18 Å². The molecule has 0 aliphatic heterocycles. The zero-order valence-electron chi connectivity index (χ0n) is 5.41. The Morgan fingerprint density at radius 3 is 3.00 bits per heavy atom. The molecule has 11 heavy (non-hydrogen) atoms. The molecule has 4 nitrogen and oxygen atoms in total. The van der Waals surface area contributed by atoms with Crippen LogP contribution < -0.4 is 0 Å². The van der Waals surface area contributed by atoms with Crippen LogP contribution in [0, 0.1) is 0 Å². The van der Waals surface area contributed by atoms with Crippen molar-refractivity contribution in [3.63, 3.8) is 0 Å². The minimum atomic E-state index is -1.58. The van der Waals surface area contributed by atoms with Crippen LogP contribution in [0.2, 0.25) is 0 Å². The third kappa shape index (κ3) is 1.89. The Labute approximate surface area is 61.4 Å². The quantitative estimate of drug-likeness (QED) is 0.622. The minimum absolute atomic E-state index is 0.324. The molecule has 0 saturated carbocycles. The van der Waals surface area contributed by atoms with Crippen molar-refractivity contribution >= 4 is 12.0 Å². The number of carboxylic acid groups (broad SMARTS) is 1. The fourth-order valence-electron chi connectivity index (χ4n) is 0.545. The van der Waals surface area contributed by atoms with E-state index < -0.39 is 11.8 Å². The summed E-state index contributed by atoms with van der Waals surface area (Å²) in [6.45, 7) is 0. The Bertz CT molecular complexity index is 279. The molecule has 1 aromatic heterocycles. The lowest BCUT2D eigenvalue weighted by atomic mass is 10.4. The minimum Gasteiger partial charge on any atom is -0.476 e. The van der Waals surface area contributed by atoms with Gasteiger partial charge in [-0.3, -0.25) is 5.10 Å². The Morgan fingerprint density at radius 2 is 2.55 bits per heavy atom. The van der Waals surface area contributed by atoms with Crippen molar-refractivity contribution in [2.75, 3.05) is 0 Å². The van der Waals surface area contributed by atoms with E-state index in [0.717, 1.165) is 6.08 Å². The number of aromatic nitrogens is 2. The molecule has 0 aromatic carbocycles. The van der Waals surface area contributed by atoms with Crippen LogP contribution in [0.4, 0.5) is 4.39 Å². The van der Waals surface area contributed by atoms with E-state index in [1.54, 1.807) is 0 Å². The number of hydrogen-bond donors (Lipinski definition) is 2. The zero-order chi connectivity index (χ0) is 8.27. The molecule has 0 unspecified atom stereocenters. The second-order valence-electron chi connectivity index (χ2n) is 1.81. The van der Waals surface area contributed by atoms with Gasteiger partial charge >= 0.3 is 5.97 Å². The van der Waals surface area contributed by atoms with Gasteiger partial charge in [-0.25, -0.2) is 4.79 Å². The maximum atomic E-state index is 12.3. The van der Waals surface area contributed by atoms with Crippen molar-refractivity contribution in [3.05, 3.63) is 23.8 Å². The van der Waals surface area contributed by atoms with Crippen LogP contribution in [0.15, 0.2) is 18.1 Å². The first-order valence-corrected chi connectivity index (χ1v) is 2.80. The van der Waals surface area contributed by atoms with E-state index >= 15 is 0 Å². The molecule has 0 spiro atoms. The summed E-state index contributed by atoms with van der Waals surface area (Å²) >= 11 is 0. The Balaban J connectivity index is 2.82. The standard InChI is InChI=1S/C6H5FN2O2/c7-5(6(10)11)3-4-1-2-8-9-4/h1-3H,(H,8,9)(H,10,11)/b5-3-. The van der Waals surface area contributed by atoms with E-state index in [1.807, 2.05) is 0 Å². The number of carboxylic acids is 1. The molecule has 0 atom stereocenters. The number of rotatable bonds is 2. The van der Waals surface area contributed by atoms with Gasteiger partial charge < -0.3 is 5.11 Å². The molecule has 0 amide bonds. The molecule has 0 aliphatic carbocycles. The smallest absolute Gasteiger partial charge is 0.364 e. The summed E-state index contributed by atoms with van der Waals surface area (Å²) in [7, 11) is 0. The van der Waals surface area contributed by atoms with Gasteiger partial charge in [-0.15, -0.1) is 0 Å². The predicted octanol–water partition coefficient (Wildman–Crippen LogP) is 0.805. The molecule has 0 fully saturated rings. The van der Waals surface area contributed by atoms with Crippen LogP contribution in [0.3, 0.4) is 0 Å². The number of nitrogens with zero attached hydrogens (tertiary/aromatic N) is 1. The Morgan fingerprint density at radius 1 is 1.82 bits per heavy atom. The zero-order valence-corrected chi connectivity index (χ0v) is 5.41. The van der Waals surface area contributed by atoms with E-state index in [4.69, 9.17) is 5.11 Å². The summed E-state index contributed by atoms with van der Waals surface area (Å²) in [5.74, 6) is -2.80. The third-order valence-corrected chi connectivity index (χ3v) is 1.01. The summed E-state index contributed by atoms with van der Waals surface area (Å²) in [6.07, 6.45) is 2.26. The monoisotopic (exact) mass is 156 g/mol. The molecule has 0 bridgehead atoms. The molecule has 0 aliphatic rings. The van der Waals surface area contributed by atoms with E-state index in [-0.39, 0.29) is 0 Å². The first-order chi connectivity index (χ1) is 5.20. The highest BCUT2D eigenvalue weighted by atomic mass is 19.1. The van der Waals surface area contributed by atoms with Gasteiger partial charge in [0, 0.05) is 12.3 Å². The van der Waals surface area contributed by atoms with Crippen molar-refractivity contribution in [2.24, 2.45) is 0 Å². The van der Waals surface area contributed by atoms with Crippen LogP contribution in [0.1, 0.15) is 5.69 Å². The van der Waals surface area contributed by atoms with Crippen molar-refractivity contribution in [1.82, 2.24) is 10.2 Å². The molecule has 0 radical (unpaired) electrons. The highest BCUT2D eigenvalue weighted by Gasteiger charge is 2.04. The molecular formula is C6H5FN2O2. The fourth-order valence-corrected chi connectivity index (χ4v) is 0.545. The predicted molar refractivity (Wildman–Crippen MR) is 35.3 cm³/mol. The van der Waals surface area contributed by atoms with Crippen molar-refractivity contribution in [1.29, 1.82) is 0 Å². The lowest BCUT2D eigenvalue weighted by Gasteiger charge is -1.85. The van der Waals surface area contributed by atoms with Gasteiger partial charge in [0.15, 0.2) is 0 Å². The van der Waals surface area contributed by atoms with Crippen LogP contribution >= 0.6 is 0 Å². The number of aromatic amines is 1. The highest BCUT2D eigenvalue weighted by Crippen LogP contribution is 2.03. The van der Waals surface area contributed by atoms with E-state index in [1.165, 1.54) is 12.3 Å². The van der Waals surface area contributed by atoms with Gasteiger partial charge in [0.05, 0.1) is 5.69 Å². The maximum Gasteiger partial charge on any atom is 0.364 e. The third-order valence-electron chi connectivity index (χ3n) is 1.01. The van der Waals surface area contributed by atoms with Crippen LogP contribution in [0.5, 0.6) is 0 Å². The van der Waals surface area contributed by atoms with Crippen LogP contribution in [-0.2, 0) is 4.79 Å². The second-order valence-corrected chi connectivity index (χ2v) is 1.81. The normalized spacial score (nSPS) is 11.5. The summed E-state index contributed by atoms with van der Waals surface area (Å²) < 4.78 is 12.3. The SMILES string of the molecule is O=C(O)/C(F)=C/c1ccn[nH]1. The molecule has 1 aromatic rings. The summed E-state index contributed by atoms with van der Waals surface area (Å²) in [4.78, 5) is 9.95. The first kappa shape index (κ1) is 7.46. The average Bonchev–Trinajstić information content (AvgIpc) is 2.39. The number of hydrogen-bond acceptors (Lipinski definition) is 2. The molecule has 2 N–H and O–H groups in total. The topological polar surface area (TPSA) is 66.0 Å². The van der Waals surface area contributed by atoms with Crippen molar-refractivity contribution in [2.45, 2.75) is 0 Å². The van der Waals surface area contributed by atoms with E-state index in [0.29, 0.717) is 5.69 Å². The molecule has 58 valence electrons. The molecule has 1 heterocycles. The van der Waals surface area contributed by atoms with Gasteiger partial charge in [0.1, 0.15) is 0 Å². The van der Waals surface area contributed by atoms with Crippen molar-refractivity contribution in [3.8, 4) is 0 Å². The van der Waals surface area contributed by atoms with E-state index in [2.05, 4.69) is 10.2 Å². The summed E-state index contributed by atoms with van der Waals surface area (Å²) in [5, 5.41) is 14.0. The van der Waals surface area contributed by atoms with Gasteiger partial charge in [-0.05, 0) is 6.07 Å². The van der Waals surface area contributed by atoms with Gasteiger partial charge in [0.25, 0.3) is 0 Å². The molecular weight excluding hydrogens is 151 g/mol. The number of aliphatic carboxylic acids is 1. The number of nitrogens with one attached hydrogen (secondary N) is 1. The Hall–Kier alpha value is -1.65. The lowest BCUT2D eigenvalue weighted by Crippen LogP contribution is -1.93. The first-order valence-electron chi connectivity index (χ1n) is 2.80. The maximum absolute atomic E-state index is 12.3. The fraction of sp³-hybridized carbons (Fsp3) is 0. The van der Waals surface area contributed by atoms with Gasteiger partial charge in [0.2, 0.25) is 5.83 Å². The number of halogens is 1. The van der Waals surface area contributed by atoms with Gasteiger partial charge in [-0.1, -0.05) is 0 Å². The largest absolute Gasteiger partial charge is 0.476 e. The van der Waals surface area contributed by atoms with Crippen molar-refractivity contribution < 1.29 is 14.3 Å². The van der Waals surface area contributed by atoms with Crippen LogP contribution in [0.25, 0.3) is 6.08 Å². The van der Waals surface area contributed by atoms with Gasteiger partial charge in [-0.2, -0.15) is 9.49 Å². The van der Waals surface area contributed by atoms with Crippen LogP contribution in [-0.4, -0.2) is 21.3 Å². The highest BCUT2D eigenvalue weighted by molar-refractivity contribution is 5.89. The number of carbonyl (C=O) groups is 1. The number of H-pyrrole nitrogens is 1. The summed E-state index contributed by atoms with van der Waals surface area (Å²) in [6, 6.07) is 1.46. The lowest BCUT2D eigenvalue weighted by molar-refractivity contribution is -0.134. The molecule has 0 saturated heterocycles. The average molecular weight is 156 g/mol. The Kier molecular flexibility index (Phi) is 2.00. The second kappa shape index (κ2) is 2.96.